The van der Waals surface area contributed by atoms with Gasteiger partial charge in [-0.2, -0.15) is 0 Å². The molecule has 106 valence electrons. The minimum atomic E-state index is 0.151. The topological polar surface area (TPSA) is 0 Å². The van der Waals surface area contributed by atoms with Crippen molar-refractivity contribution in [1.29, 1.82) is 0 Å². The molecule has 1 aliphatic carbocycles. The average Bonchev–Trinajstić information content (AvgIpc) is 2.48. The Morgan fingerprint density at radius 1 is 0.550 bits per heavy atom. The molecule has 0 atom stereocenters. The van der Waals surface area contributed by atoms with Crippen LogP contribution in [0.5, 0.6) is 0 Å². The maximum absolute atomic E-state index is 2.36. The van der Waals surface area contributed by atoms with Crippen LogP contribution in [-0.4, -0.2) is 0 Å². The van der Waals surface area contributed by atoms with Gasteiger partial charge in [-0.3, -0.25) is 0 Å². The van der Waals surface area contributed by atoms with Crippen molar-refractivity contribution in [3.63, 3.8) is 0 Å². The molecule has 0 fully saturated rings. The lowest BCUT2D eigenvalue weighted by atomic mass is 9.55. The van der Waals surface area contributed by atoms with Gasteiger partial charge in [0.1, 0.15) is 0 Å². The van der Waals surface area contributed by atoms with E-state index < -0.39 is 0 Å². The van der Waals surface area contributed by atoms with Gasteiger partial charge >= 0.3 is 0 Å². The van der Waals surface area contributed by atoms with Crippen LogP contribution < -0.4 is 0 Å². The highest BCUT2D eigenvalue weighted by molar-refractivity contribution is 5.77. The van der Waals surface area contributed by atoms with Crippen LogP contribution in [0.25, 0.3) is 11.1 Å². The predicted octanol–water partition coefficient (Wildman–Crippen LogP) is 5.95. The van der Waals surface area contributed by atoms with E-state index in [2.05, 4.69) is 76.2 Å². The van der Waals surface area contributed by atoms with Crippen LogP contribution in [0.2, 0.25) is 0 Å². The van der Waals surface area contributed by atoms with E-state index in [9.17, 15) is 0 Å². The van der Waals surface area contributed by atoms with Crippen molar-refractivity contribution < 1.29 is 0 Å². The molecule has 2 aromatic rings. The molecular weight excluding hydrogens is 240 g/mol. The van der Waals surface area contributed by atoms with Crippen molar-refractivity contribution in [2.75, 3.05) is 0 Å². The van der Waals surface area contributed by atoms with Crippen LogP contribution in [0, 0.1) is 0 Å². The molecule has 0 aliphatic heterocycles. The third-order valence-electron chi connectivity index (χ3n) is 5.05. The second kappa shape index (κ2) is 5.09. The monoisotopic (exact) mass is 266 g/mol. The Hall–Kier alpha value is -1.56. The molecule has 0 saturated heterocycles. The van der Waals surface area contributed by atoms with Gasteiger partial charge in [0.15, 0.2) is 0 Å². The Kier molecular flexibility index (Phi) is 3.77. The Labute approximate surface area is 123 Å². The van der Waals surface area contributed by atoms with Crippen molar-refractivity contribution in [3.8, 4) is 11.1 Å². The third kappa shape index (κ3) is 1.90. The van der Waals surface area contributed by atoms with Crippen LogP contribution in [0.3, 0.4) is 0 Å². The summed E-state index contributed by atoms with van der Waals surface area (Å²) in [6.07, 6.45) is 0. The average molecular weight is 266 g/mol. The minimum Gasteiger partial charge on any atom is -0.0683 e. The van der Waals surface area contributed by atoms with Gasteiger partial charge in [-0.05, 0) is 33.1 Å². The fourth-order valence-electron chi connectivity index (χ4n) is 3.20. The molecule has 0 aromatic heterocycles. The van der Waals surface area contributed by atoms with Gasteiger partial charge in [0.05, 0.1) is 0 Å². The van der Waals surface area contributed by atoms with E-state index in [4.69, 9.17) is 0 Å². The van der Waals surface area contributed by atoms with Gasteiger partial charge in [-0.1, -0.05) is 90.1 Å². The molecule has 0 spiro atoms. The zero-order valence-electron chi connectivity index (χ0n) is 13.6. The molecule has 0 radical (unpaired) electrons. The van der Waals surface area contributed by atoms with E-state index in [1.54, 1.807) is 0 Å². The zero-order chi connectivity index (χ0) is 15.0. The van der Waals surface area contributed by atoms with Crippen LogP contribution in [0.1, 0.15) is 52.7 Å². The van der Waals surface area contributed by atoms with E-state index in [-0.39, 0.29) is 10.8 Å². The first-order valence-corrected chi connectivity index (χ1v) is 7.65. The van der Waals surface area contributed by atoms with Crippen molar-refractivity contribution in [1.82, 2.24) is 0 Å². The van der Waals surface area contributed by atoms with E-state index in [1.807, 2.05) is 13.8 Å². The quantitative estimate of drug-likeness (QED) is 0.553. The Morgan fingerprint density at radius 3 is 1.20 bits per heavy atom. The van der Waals surface area contributed by atoms with Crippen LogP contribution >= 0.6 is 0 Å². The number of rotatable bonds is 0. The number of fused-ring (bicyclic) bond motifs is 3. The molecule has 0 nitrogen and oxygen atoms in total. The molecule has 2 aromatic carbocycles. The molecule has 3 rings (SSSR count). The van der Waals surface area contributed by atoms with Crippen LogP contribution in [0.4, 0.5) is 0 Å². The Morgan fingerprint density at radius 2 is 0.850 bits per heavy atom. The first-order chi connectivity index (χ1) is 9.46. The molecule has 1 aliphatic rings. The molecular formula is C20H26. The second-order valence-electron chi connectivity index (χ2n) is 6.34. The highest BCUT2D eigenvalue weighted by Gasteiger charge is 2.45. The van der Waals surface area contributed by atoms with Gasteiger partial charge in [-0.15, -0.1) is 0 Å². The zero-order valence-corrected chi connectivity index (χ0v) is 13.6. The van der Waals surface area contributed by atoms with E-state index >= 15 is 0 Å². The van der Waals surface area contributed by atoms with Gasteiger partial charge in [-0.25, -0.2) is 0 Å². The minimum absolute atomic E-state index is 0.151. The van der Waals surface area contributed by atoms with Crippen LogP contribution in [0.15, 0.2) is 48.5 Å². The fraction of sp³-hybridized carbons (Fsp3) is 0.400. The molecule has 0 heterocycles. The first kappa shape index (κ1) is 14.8. The maximum Gasteiger partial charge on any atom is -0.000568 e. The summed E-state index contributed by atoms with van der Waals surface area (Å²) in [7, 11) is 0. The molecule has 0 N–H and O–H groups in total. The van der Waals surface area contributed by atoms with E-state index in [0.717, 1.165) is 0 Å². The summed E-state index contributed by atoms with van der Waals surface area (Å²) in [5, 5.41) is 0. The molecule has 0 amide bonds. The van der Waals surface area contributed by atoms with Crippen molar-refractivity contribution >= 4 is 0 Å². The third-order valence-corrected chi connectivity index (χ3v) is 5.05. The summed E-state index contributed by atoms with van der Waals surface area (Å²) in [5.41, 5.74) is 6.04. The summed E-state index contributed by atoms with van der Waals surface area (Å²) in [6, 6.07) is 17.7. The maximum atomic E-state index is 2.36. The second-order valence-corrected chi connectivity index (χ2v) is 6.34. The van der Waals surface area contributed by atoms with Gasteiger partial charge in [0, 0.05) is 0 Å². The highest BCUT2D eigenvalue weighted by Crippen LogP contribution is 2.53. The predicted molar refractivity (Wildman–Crippen MR) is 89.3 cm³/mol. The summed E-state index contributed by atoms with van der Waals surface area (Å²) in [6.45, 7) is 13.5. The van der Waals surface area contributed by atoms with Gasteiger partial charge in [0.2, 0.25) is 0 Å². The molecule has 0 heteroatoms. The van der Waals surface area contributed by atoms with Crippen molar-refractivity contribution in [2.45, 2.75) is 52.4 Å². The Balaban J connectivity index is 0.000000704. The lowest BCUT2D eigenvalue weighted by Gasteiger charge is -2.48. The number of hydrogen-bond donors (Lipinski definition) is 0. The Bertz CT molecular complexity index is 547. The van der Waals surface area contributed by atoms with E-state index in [0.29, 0.717) is 0 Å². The summed E-state index contributed by atoms with van der Waals surface area (Å²) in [5.74, 6) is 0. The molecule has 0 bridgehead atoms. The summed E-state index contributed by atoms with van der Waals surface area (Å²) in [4.78, 5) is 0. The lowest BCUT2D eigenvalue weighted by Crippen LogP contribution is -2.43. The number of benzene rings is 2. The molecule has 0 saturated carbocycles. The fourth-order valence-corrected chi connectivity index (χ4v) is 3.20. The molecule has 0 unspecified atom stereocenters. The summed E-state index contributed by atoms with van der Waals surface area (Å²) < 4.78 is 0. The largest absolute Gasteiger partial charge is 0.0683 e. The first-order valence-electron chi connectivity index (χ1n) is 7.65. The SMILES string of the molecule is CC.CC1(C)c2ccccc2-c2ccccc2C1(C)C. The highest BCUT2D eigenvalue weighted by atomic mass is 14.5. The smallest absolute Gasteiger partial charge is 0.000568 e. The van der Waals surface area contributed by atoms with Crippen molar-refractivity contribution in [2.24, 2.45) is 0 Å². The lowest BCUT2D eigenvalue weighted by molar-refractivity contribution is 0.299. The van der Waals surface area contributed by atoms with E-state index in [1.165, 1.54) is 22.3 Å². The van der Waals surface area contributed by atoms with Crippen LogP contribution in [-0.2, 0) is 10.8 Å². The molecule has 20 heavy (non-hydrogen) atoms. The number of hydrogen-bond acceptors (Lipinski definition) is 0. The van der Waals surface area contributed by atoms with Gasteiger partial charge < -0.3 is 0 Å². The summed E-state index contributed by atoms with van der Waals surface area (Å²) >= 11 is 0. The van der Waals surface area contributed by atoms with Crippen molar-refractivity contribution in [3.05, 3.63) is 59.7 Å². The normalized spacial score (nSPS) is 17.3. The van der Waals surface area contributed by atoms with Gasteiger partial charge in [0.25, 0.3) is 0 Å². The standard InChI is InChI=1S/C18H20.C2H6/c1-17(2)15-11-7-5-9-13(15)14-10-6-8-12-16(14)18(17,3)4;1-2/h5-12H,1-4H3;1-2H3.